The second-order valence-electron chi connectivity index (χ2n) is 2.60. The number of alkyl halides is 5. The zero-order valence-electron chi connectivity index (χ0n) is 7.46. The van der Waals surface area contributed by atoms with Crippen LogP contribution in [0.4, 0.5) is 22.0 Å². The Bertz CT molecular complexity index is 373. The van der Waals surface area contributed by atoms with Crippen molar-refractivity contribution in [1.29, 1.82) is 0 Å². The van der Waals surface area contributed by atoms with Crippen LogP contribution in [0, 0.1) is 0 Å². The molecule has 8 heteroatoms. The number of carbonyl (C=O) groups is 1. The molecule has 0 saturated carbocycles. The second-order valence-corrected chi connectivity index (χ2v) is 2.60. The minimum atomic E-state index is -4.65. The normalized spacial score (nSPS) is 11.6. The fourth-order valence-electron chi connectivity index (χ4n) is 0.831. The first-order valence-electron chi connectivity index (χ1n) is 3.83. The Morgan fingerprint density at radius 2 is 1.94 bits per heavy atom. The van der Waals surface area contributed by atoms with Gasteiger partial charge in [-0.25, -0.2) is 4.79 Å². The smallest absolute Gasteiger partial charge is 0.399 e. The molecule has 1 rings (SSSR count). The maximum atomic E-state index is 12.0. The third kappa shape index (κ3) is 3.14. The molecule has 3 nitrogen and oxygen atoms in total. The van der Waals surface area contributed by atoms with E-state index in [9.17, 15) is 26.7 Å². The van der Waals surface area contributed by atoms with Crippen molar-refractivity contribution < 1.29 is 31.5 Å². The first-order valence-corrected chi connectivity index (χ1v) is 3.83. The van der Waals surface area contributed by atoms with E-state index in [-0.39, 0.29) is 0 Å². The number of ether oxygens (including phenoxy) is 1. The van der Waals surface area contributed by atoms with Crippen LogP contribution in [0.1, 0.15) is 16.1 Å². The van der Waals surface area contributed by atoms with Gasteiger partial charge in [-0.05, 0) is 12.1 Å². The van der Waals surface area contributed by atoms with Crippen molar-refractivity contribution in [2.24, 2.45) is 0 Å². The summed E-state index contributed by atoms with van der Waals surface area (Å²) in [4.78, 5) is 13.7. The Kier molecular flexibility index (Phi) is 3.41. The zero-order valence-corrected chi connectivity index (χ0v) is 7.46. The number of nitrogens with zero attached hydrogens (tertiary/aromatic N) is 1. The molecule has 1 aromatic rings. The number of rotatable bonds is 2. The average molecular weight is 241 g/mol. The zero-order chi connectivity index (χ0) is 12.3. The molecule has 16 heavy (non-hydrogen) atoms. The Hall–Kier alpha value is -1.73. The number of hydrogen-bond donors (Lipinski definition) is 0. The fourth-order valence-corrected chi connectivity index (χ4v) is 0.831. The molecule has 0 saturated heterocycles. The third-order valence-corrected chi connectivity index (χ3v) is 1.49. The quantitative estimate of drug-likeness (QED) is 0.589. The minimum Gasteiger partial charge on any atom is -0.399 e. The first-order chi connectivity index (χ1) is 7.30. The average Bonchev–Trinajstić information content (AvgIpc) is 2.15. The van der Waals surface area contributed by atoms with Crippen LogP contribution in [0.3, 0.4) is 0 Å². The molecule has 0 aliphatic carbocycles. The highest BCUT2D eigenvalue weighted by molar-refractivity contribution is 5.88. The summed E-state index contributed by atoms with van der Waals surface area (Å²) in [5.74, 6) is -1.43. The minimum absolute atomic E-state index is 0.478. The van der Waals surface area contributed by atoms with Crippen LogP contribution < -0.4 is 0 Å². The van der Waals surface area contributed by atoms with E-state index in [2.05, 4.69) is 9.72 Å². The van der Waals surface area contributed by atoms with Gasteiger partial charge in [0.1, 0.15) is 5.69 Å². The van der Waals surface area contributed by atoms with Gasteiger partial charge in [-0.2, -0.15) is 22.0 Å². The highest BCUT2D eigenvalue weighted by atomic mass is 19.4. The van der Waals surface area contributed by atoms with Crippen LogP contribution in [0.5, 0.6) is 0 Å². The summed E-state index contributed by atoms with van der Waals surface area (Å²) < 4.78 is 62.8. The molecule has 0 aromatic carbocycles. The molecule has 1 aromatic heterocycles. The molecule has 0 spiro atoms. The van der Waals surface area contributed by atoms with Crippen molar-refractivity contribution in [1.82, 2.24) is 4.98 Å². The fraction of sp³-hybridized carbons (Fsp3) is 0.250. The van der Waals surface area contributed by atoms with Crippen LogP contribution in [-0.2, 0) is 10.9 Å². The van der Waals surface area contributed by atoms with Gasteiger partial charge in [-0.1, -0.05) is 0 Å². The van der Waals surface area contributed by atoms with Crippen LogP contribution in [-0.4, -0.2) is 17.6 Å². The molecular formula is C8H4F5NO2. The molecule has 0 fully saturated rings. The highest BCUT2D eigenvalue weighted by Crippen LogP contribution is 2.27. The van der Waals surface area contributed by atoms with Gasteiger partial charge in [-0.3, -0.25) is 4.98 Å². The maximum Gasteiger partial charge on any atom is 0.433 e. The van der Waals surface area contributed by atoms with Gasteiger partial charge in [0, 0.05) is 6.20 Å². The molecule has 1 heterocycles. The number of halogens is 5. The van der Waals surface area contributed by atoms with Crippen molar-refractivity contribution in [2.75, 3.05) is 0 Å². The number of carbonyl (C=O) groups excluding carboxylic acids is 1. The van der Waals surface area contributed by atoms with E-state index < -0.39 is 30.0 Å². The largest absolute Gasteiger partial charge is 0.433 e. The van der Waals surface area contributed by atoms with Crippen molar-refractivity contribution in [3.8, 4) is 0 Å². The highest BCUT2D eigenvalue weighted by Gasteiger charge is 2.32. The molecule has 0 radical (unpaired) electrons. The summed E-state index contributed by atoms with van der Waals surface area (Å²) in [5.41, 5.74) is -1.70. The summed E-state index contributed by atoms with van der Waals surface area (Å²) in [7, 11) is 0. The Labute approximate surface area is 85.8 Å². The van der Waals surface area contributed by atoms with E-state index >= 15 is 0 Å². The molecule has 88 valence electrons. The van der Waals surface area contributed by atoms with Crippen molar-refractivity contribution in [3.63, 3.8) is 0 Å². The van der Waals surface area contributed by atoms with Crippen LogP contribution in [0.2, 0.25) is 0 Å². The van der Waals surface area contributed by atoms with Crippen molar-refractivity contribution >= 4 is 5.97 Å². The first kappa shape index (κ1) is 12.3. The van der Waals surface area contributed by atoms with Gasteiger partial charge >= 0.3 is 18.8 Å². The summed E-state index contributed by atoms with van der Waals surface area (Å²) in [6.07, 6.45) is -4.13. The lowest BCUT2D eigenvalue weighted by atomic mass is 10.2. The van der Waals surface area contributed by atoms with E-state index in [1.54, 1.807) is 0 Å². The molecule has 0 bridgehead atoms. The predicted octanol–water partition coefficient (Wildman–Crippen LogP) is 2.48. The Balaban J connectivity index is 2.83. The number of hydrogen-bond acceptors (Lipinski definition) is 3. The summed E-state index contributed by atoms with van der Waals surface area (Å²) in [6, 6.07) is 1.21. The lowest BCUT2D eigenvalue weighted by Gasteiger charge is -2.06. The van der Waals surface area contributed by atoms with Gasteiger partial charge in [0.25, 0.3) is 0 Å². The van der Waals surface area contributed by atoms with E-state index in [4.69, 9.17) is 0 Å². The van der Waals surface area contributed by atoms with E-state index in [0.717, 1.165) is 0 Å². The topological polar surface area (TPSA) is 39.2 Å². The number of pyridine rings is 1. The lowest BCUT2D eigenvalue weighted by Crippen LogP contribution is -2.12. The molecular weight excluding hydrogens is 237 g/mol. The predicted molar refractivity (Wildman–Crippen MR) is 40.7 cm³/mol. The lowest BCUT2D eigenvalue weighted by molar-refractivity contribution is -0.141. The van der Waals surface area contributed by atoms with Gasteiger partial charge in [0.15, 0.2) is 0 Å². The summed E-state index contributed by atoms with van der Waals surface area (Å²) >= 11 is 0. The van der Waals surface area contributed by atoms with Gasteiger partial charge < -0.3 is 4.74 Å². The number of aromatic nitrogens is 1. The van der Waals surface area contributed by atoms with Gasteiger partial charge in [0.05, 0.1) is 5.56 Å². The Morgan fingerprint density at radius 3 is 2.31 bits per heavy atom. The van der Waals surface area contributed by atoms with Crippen LogP contribution >= 0.6 is 0 Å². The SMILES string of the molecule is O=C(OC(F)F)c1ccc(C(F)(F)F)nc1. The summed E-state index contributed by atoms with van der Waals surface area (Å²) in [5, 5.41) is 0. The van der Waals surface area contributed by atoms with Gasteiger partial charge in [0.2, 0.25) is 0 Å². The van der Waals surface area contributed by atoms with Crippen molar-refractivity contribution in [3.05, 3.63) is 29.6 Å². The van der Waals surface area contributed by atoms with Crippen LogP contribution in [0.25, 0.3) is 0 Å². The third-order valence-electron chi connectivity index (χ3n) is 1.49. The maximum absolute atomic E-state index is 12.0. The van der Waals surface area contributed by atoms with E-state index in [0.29, 0.717) is 18.3 Å². The standard InChI is InChI=1S/C8H4F5NO2/c9-7(10)16-6(15)4-1-2-5(14-3-4)8(11,12)13/h1-3,7H. The second kappa shape index (κ2) is 4.42. The number of esters is 1. The van der Waals surface area contributed by atoms with Crippen LogP contribution in [0.15, 0.2) is 18.3 Å². The van der Waals surface area contributed by atoms with E-state index in [1.807, 2.05) is 0 Å². The molecule has 0 unspecified atom stereocenters. The molecule has 0 amide bonds. The molecule has 0 aliphatic rings. The van der Waals surface area contributed by atoms with Crippen molar-refractivity contribution in [2.45, 2.75) is 12.8 Å². The molecule has 0 aliphatic heterocycles. The van der Waals surface area contributed by atoms with Gasteiger partial charge in [-0.15, -0.1) is 0 Å². The monoisotopic (exact) mass is 241 g/mol. The summed E-state index contributed by atoms with van der Waals surface area (Å²) in [6.45, 7) is -3.32. The molecule has 0 atom stereocenters. The molecule has 0 N–H and O–H groups in total. The Morgan fingerprint density at radius 1 is 1.31 bits per heavy atom. The van der Waals surface area contributed by atoms with E-state index in [1.165, 1.54) is 0 Å².